The number of hydroxylamine groups is 2. The first-order chi connectivity index (χ1) is 19.2. The van der Waals surface area contributed by atoms with Crippen molar-refractivity contribution in [1.29, 1.82) is 0 Å². The van der Waals surface area contributed by atoms with Crippen molar-refractivity contribution in [2.45, 2.75) is 31.8 Å². The van der Waals surface area contributed by atoms with Crippen LogP contribution in [0.25, 0.3) is 0 Å². The number of ether oxygens (including phenoxy) is 2. The lowest BCUT2D eigenvalue weighted by Gasteiger charge is -2.24. The zero-order chi connectivity index (χ0) is 28.8. The van der Waals surface area contributed by atoms with Gasteiger partial charge in [0.2, 0.25) is 5.91 Å². The highest BCUT2D eigenvalue weighted by Gasteiger charge is 2.34. The molecule has 13 heteroatoms. The molecule has 2 aliphatic rings. The number of carbonyl (C=O) groups excluding carboxylic acids is 4. The maximum Gasteiger partial charge on any atom is 0.414 e. The van der Waals surface area contributed by atoms with Gasteiger partial charge in [0.25, 0.3) is 0 Å². The topological polar surface area (TPSA) is 126 Å². The number of anilines is 2. The van der Waals surface area contributed by atoms with Crippen molar-refractivity contribution in [1.82, 2.24) is 5.06 Å². The molecule has 214 valence electrons. The first-order valence-corrected chi connectivity index (χ1v) is 12.7. The Bertz CT molecular complexity index is 1270. The minimum Gasteiger partial charge on any atom is -0.507 e. The first-order valence-electron chi connectivity index (χ1n) is 12.7. The number of benzene rings is 2. The van der Waals surface area contributed by atoms with Crippen LogP contribution >= 0.6 is 0 Å². The van der Waals surface area contributed by atoms with Crippen LogP contribution in [0.15, 0.2) is 36.4 Å². The monoisotopic (exact) mass is 561 g/mol. The smallest absolute Gasteiger partial charge is 0.414 e. The van der Waals surface area contributed by atoms with Crippen LogP contribution in [0.4, 0.5) is 25.0 Å². The lowest BCUT2D eigenvalue weighted by Crippen LogP contribution is -2.35. The maximum atomic E-state index is 15.2. The molecule has 1 atom stereocenters. The predicted molar refractivity (Wildman–Crippen MR) is 137 cm³/mol. The van der Waals surface area contributed by atoms with E-state index in [2.05, 4.69) is 4.74 Å². The molecule has 1 N–H and O–H groups in total. The van der Waals surface area contributed by atoms with Gasteiger partial charge < -0.3 is 19.5 Å². The van der Waals surface area contributed by atoms with Crippen LogP contribution in [-0.4, -0.2) is 79.9 Å². The third-order valence-corrected chi connectivity index (χ3v) is 6.63. The molecule has 2 aromatic carbocycles. The van der Waals surface area contributed by atoms with E-state index in [9.17, 15) is 24.3 Å². The Balaban J connectivity index is 1.35. The average Bonchev–Trinajstić information content (AvgIpc) is 3.14. The molecule has 2 heterocycles. The summed E-state index contributed by atoms with van der Waals surface area (Å²) in [5, 5.41) is 10.9. The Labute approximate surface area is 228 Å². The number of phenolic OH excluding ortho intramolecular Hbond substituents is 1. The standard InChI is InChI=1S/C27H29F2N3O8/c1-38-25(36)9-6-18-16-31(27(37)40-18)17-14-20(28)26(21(29)15-17)30-10-11-32(39-13-12-30)24(35)8-7-23(34)19-4-2-3-5-22(19)33/h2-5,14-15,18,33H,6-13,16H2,1H3/t18-/m0/s1. The number of Topliss-reactive ketones (excluding diaryl/α,β-unsaturated/α-hetero) is 1. The van der Waals surface area contributed by atoms with E-state index >= 15 is 8.78 Å². The number of amides is 2. The molecule has 0 unspecified atom stereocenters. The van der Waals surface area contributed by atoms with E-state index in [-0.39, 0.29) is 81.2 Å². The predicted octanol–water partition coefficient (Wildman–Crippen LogP) is 3.19. The molecule has 0 spiro atoms. The third kappa shape index (κ3) is 6.65. The maximum absolute atomic E-state index is 15.2. The molecule has 0 aromatic heterocycles. The number of hydrogen-bond donors (Lipinski definition) is 1. The molecule has 40 heavy (non-hydrogen) atoms. The van der Waals surface area contributed by atoms with Gasteiger partial charge in [-0.3, -0.25) is 24.1 Å². The molecular formula is C27H29F2N3O8. The van der Waals surface area contributed by atoms with Gasteiger partial charge in [0.1, 0.15) is 17.5 Å². The SMILES string of the molecule is COC(=O)CC[C@H]1CN(c2cc(F)c(N3CCON(C(=O)CCC(=O)c4ccccc4O)CC3)c(F)c2)C(=O)O1. The third-order valence-electron chi connectivity index (χ3n) is 6.63. The number of phenols is 1. The Morgan fingerprint density at radius 3 is 2.48 bits per heavy atom. The van der Waals surface area contributed by atoms with E-state index in [1.54, 1.807) is 12.1 Å². The van der Waals surface area contributed by atoms with Crippen LogP contribution in [0.2, 0.25) is 0 Å². The summed E-state index contributed by atoms with van der Waals surface area (Å²) in [5.41, 5.74) is -0.237. The van der Waals surface area contributed by atoms with Crippen molar-refractivity contribution in [2.24, 2.45) is 0 Å². The van der Waals surface area contributed by atoms with Gasteiger partial charge in [0.05, 0.1) is 38.1 Å². The van der Waals surface area contributed by atoms with Crippen molar-refractivity contribution in [3.8, 4) is 5.75 Å². The largest absolute Gasteiger partial charge is 0.507 e. The molecule has 0 aliphatic carbocycles. The van der Waals surface area contributed by atoms with Gasteiger partial charge in [-0.25, -0.2) is 18.6 Å². The van der Waals surface area contributed by atoms with Gasteiger partial charge in [-0.2, -0.15) is 0 Å². The number of methoxy groups -OCH3 is 1. The van der Waals surface area contributed by atoms with Gasteiger partial charge in [-0.05, 0) is 18.6 Å². The van der Waals surface area contributed by atoms with Crippen molar-refractivity contribution in [3.05, 3.63) is 53.6 Å². The van der Waals surface area contributed by atoms with Gasteiger partial charge in [0.15, 0.2) is 17.4 Å². The number of aromatic hydroxyl groups is 1. The molecular weight excluding hydrogens is 532 g/mol. The molecule has 2 aromatic rings. The Morgan fingerprint density at radius 2 is 1.77 bits per heavy atom. The van der Waals surface area contributed by atoms with E-state index in [1.165, 1.54) is 24.1 Å². The normalized spacial score (nSPS) is 17.4. The second-order valence-electron chi connectivity index (χ2n) is 9.25. The van der Waals surface area contributed by atoms with Crippen LogP contribution in [-0.2, 0) is 23.9 Å². The molecule has 2 fully saturated rings. The summed E-state index contributed by atoms with van der Waals surface area (Å²) in [7, 11) is 1.25. The summed E-state index contributed by atoms with van der Waals surface area (Å²) in [4.78, 5) is 56.6. The van der Waals surface area contributed by atoms with Crippen molar-refractivity contribution < 1.29 is 47.4 Å². The van der Waals surface area contributed by atoms with Crippen molar-refractivity contribution >= 4 is 35.1 Å². The molecule has 2 aliphatic heterocycles. The summed E-state index contributed by atoms with van der Waals surface area (Å²) < 4.78 is 40.1. The van der Waals surface area contributed by atoms with E-state index in [0.29, 0.717) is 0 Å². The Kier molecular flexibility index (Phi) is 9.15. The van der Waals surface area contributed by atoms with Crippen LogP contribution < -0.4 is 9.80 Å². The molecule has 0 radical (unpaired) electrons. The van der Waals surface area contributed by atoms with E-state index < -0.39 is 41.5 Å². The molecule has 11 nitrogen and oxygen atoms in total. The fraction of sp³-hybridized carbons (Fsp3) is 0.407. The van der Waals surface area contributed by atoms with Crippen LogP contribution in [0.5, 0.6) is 5.75 Å². The number of rotatable bonds is 9. The molecule has 0 saturated carbocycles. The number of esters is 1. The van der Waals surface area contributed by atoms with Crippen LogP contribution in [0, 0.1) is 11.6 Å². The van der Waals surface area contributed by atoms with E-state index in [4.69, 9.17) is 9.57 Å². The van der Waals surface area contributed by atoms with Crippen molar-refractivity contribution in [3.63, 3.8) is 0 Å². The van der Waals surface area contributed by atoms with Gasteiger partial charge in [0, 0.05) is 44.5 Å². The van der Waals surface area contributed by atoms with E-state index in [1.807, 2.05) is 0 Å². The highest BCUT2D eigenvalue weighted by atomic mass is 19.1. The number of halogens is 2. The average molecular weight is 562 g/mol. The second-order valence-corrected chi connectivity index (χ2v) is 9.25. The van der Waals surface area contributed by atoms with Crippen molar-refractivity contribution in [2.75, 3.05) is 49.7 Å². The van der Waals surface area contributed by atoms with Crippen LogP contribution in [0.3, 0.4) is 0 Å². The number of nitrogens with zero attached hydrogens (tertiary/aromatic N) is 3. The highest BCUT2D eigenvalue weighted by molar-refractivity contribution is 6.00. The molecule has 0 bridgehead atoms. The summed E-state index contributed by atoms with van der Waals surface area (Å²) in [6.07, 6.45) is -1.47. The number of hydrogen-bond acceptors (Lipinski definition) is 9. The lowest BCUT2D eigenvalue weighted by atomic mass is 10.1. The van der Waals surface area contributed by atoms with Gasteiger partial charge in [-0.1, -0.05) is 12.1 Å². The highest BCUT2D eigenvalue weighted by Crippen LogP contribution is 2.32. The molecule has 2 saturated heterocycles. The van der Waals surface area contributed by atoms with Gasteiger partial charge in [-0.15, -0.1) is 0 Å². The summed E-state index contributed by atoms with van der Waals surface area (Å²) in [6.45, 7) is 0.0998. The summed E-state index contributed by atoms with van der Waals surface area (Å²) in [5.74, 6) is -3.32. The lowest BCUT2D eigenvalue weighted by molar-refractivity contribution is -0.181. The fourth-order valence-corrected chi connectivity index (χ4v) is 4.53. The quantitative estimate of drug-likeness (QED) is 0.363. The summed E-state index contributed by atoms with van der Waals surface area (Å²) in [6, 6.07) is 8.09. The number of cyclic esters (lactones) is 1. The molecule has 4 rings (SSSR count). The zero-order valence-corrected chi connectivity index (χ0v) is 21.8. The fourth-order valence-electron chi connectivity index (χ4n) is 4.53. The molecule has 2 amide bonds. The number of para-hydroxylation sites is 1. The summed E-state index contributed by atoms with van der Waals surface area (Å²) >= 11 is 0. The first kappa shape index (κ1) is 28.7. The number of ketones is 1. The van der Waals surface area contributed by atoms with E-state index in [0.717, 1.165) is 22.1 Å². The van der Waals surface area contributed by atoms with Crippen LogP contribution in [0.1, 0.15) is 36.0 Å². The zero-order valence-electron chi connectivity index (χ0n) is 21.8. The Hall–Kier alpha value is -4.26. The Morgan fingerprint density at radius 1 is 1.05 bits per heavy atom. The minimum absolute atomic E-state index is 0.00936. The minimum atomic E-state index is -0.908. The van der Waals surface area contributed by atoms with Gasteiger partial charge >= 0.3 is 12.1 Å². The second kappa shape index (κ2) is 12.7. The number of carbonyl (C=O) groups is 4.